The Morgan fingerprint density at radius 1 is 1.38 bits per heavy atom. The van der Waals surface area contributed by atoms with Crippen molar-refractivity contribution in [3.05, 3.63) is 47.4 Å². The Kier molecular flexibility index (Phi) is 5.23. The summed E-state index contributed by atoms with van der Waals surface area (Å²) >= 11 is 0. The average Bonchev–Trinajstić information content (AvgIpc) is 2.48. The number of hydrogen-bond donors (Lipinski definition) is 2. The van der Waals surface area contributed by atoms with Crippen molar-refractivity contribution in [2.24, 2.45) is 5.73 Å². The molecule has 1 aliphatic heterocycles. The number of ether oxygens (including phenoxy) is 1. The van der Waals surface area contributed by atoms with Crippen LogP contribution in [0.2, 0.25) is 0 Å². The molecule has 21 heavy (non-hydrogen) atoms. The van der Waals surface area contributed by atoms with Crippen LogP contribution in [0.15, 0.2) is 31.4 Å². The second kappa shape index (κ2) is 7.14. The molecule has 112 valence electrons. The molecule has 0 spiro atoms. The van der Waals surface area contributed by atoms with Gasteiger partial charge in [-0.2, -0.15) is 0 Å². The minimum Gasteiger partial charge on any atom is -0.490 e. The van der Waals surface area contributed by atoms with E-state index < -0.39 is 0 Å². The average molecular weight is 284 g/mol. The number of hydrogen-bond acceptors (Lipinski definition) is 3. The summed E-state index contributed by atoms with van der Waals surface area (Å²) in [6.07, 6.45) is 7.65. The van der Waals surface area contributed by atoms with Crippen LogP contribution in [0.5, 0.6) is 5.75 Å². The first kappa shape index (κ1) is 15.4. The zero-order chi connectivity index (χ0) is 15.2. The van der Waals surface area contributed by atoms with Gasteiger partial charge >= 0.3 is 0 Å². The standard InChI is InChI=1S/C18H24N2O/c1-4-5-16-14(12-19)6-7-17(18(16)13(2)3)21-15-8-10-20-11-9-15/h4-7,12,15,20H,1-2,8-11,19H2,3H3/b14-12-,16-5+. The topological polar surface area (TPSA) is 47.3 Å². The lowest BCUT2D eigenvalue weighted by Crippen LogP contribution is -2.35. The number of nitrogens with one attached hydrogen (secondary N) is 1. The van der Waals surface area contributed by atoms with Gasteiger partial charge in [0.05, 0.1) is 0 Å². The Hall–Kier alpha value is -2.00. The predicted molar refractivity (Wildman–Crippen MR) is 90.2 cm³/mol. The first-order valence-corrected chi connectivity index (χ1v) is 7.38. The normalized spacial score (nSPS) is 17.8. The van der Waals surface area contributed by atoms with Crippen LogP contribution < -0.4 is 26.2 Å². The van der Waals surface area contributed by atoms with Gasteiger partial charge in [0, 0.05) is 11.8 Å². The van der Waals surface area contributed by atoms with E-state index in [4.69, 9.17) is 10.5 Å². The first-order valence-electron chi connectivity index (χ1n) is 7.38. The third-order valence-corrected chi connectivity index (χ3v) is 3.71. The monoisotopic (exact) mass is 284 g/mol. The minimum atomic E-state index is 0.258. The SMILES string of the molecule is C=C/C=c1/c(C(=C)C)c(OC2CCNCC2)cc/c1=C/N. The van der Waals surface area contributed by atoms with E-state index >= 15 is 0 Å². The number of rotatable bonds is 4. The second-order valence-corrected chi connectivity index (χ2v) is 5.36. The quantitative estimate of drug-likeness (QED) is 0.881. The van der Waals surface area contributed by atoms with Crippen molar-refractivity contribution in [2.45, 2.75) is 25.9 Å². The second-order valence-electron chi connectivity index (χ2n) is 5.36. The van der Waals surface area contributed by atoms with Crippen LogP contribution in [0.1, 0.15) is 25.3 Å². The molecule has 3 heteroatoms. The molecule has 0 aromatic heterocycles. The molecule has 1 fully saturated rings. The van der Waals surface area contributed by atoms with Crippen LogP contribution in [-0.4, -0.2) is 19.2 Å². The van der Waals surface area contributed by atoms with Crippen molar-refractivity contribution in [1.29, 1.82) is 0 Å². The number of allylic oxidation sites excluding steroid dienone is 2. The Morgan fingerprint density at radius 3 is 2.67 bits per heavy atom. The molecule has 0 atom stereocenters. The van der Waals surface area contributed by atoms with Gasteiger partial charge in [0.25, 0.3) is 0 Å². The molecule has 1 heterocycles. The Morgan fingerprint density at radius 2 is 2.10 bits per heavy atom. The van der Waals surface area contributed by atoms with E-state index in [9.17, 15) is 0 Å². The fraction of sp³-hybridized carbons (Fsp3) is 0.333. The third-order valence-electron chi connectivity index (χ3n) is 3.71. The highest BCUT2D eigenvalue weighted by Gasteiger charge is 2.17. The van der Waals surface area contributed by atoms with Crippen molar-refractivity contribution in [3.8, 4) is 5.75 Å². The molecule has 3 nitrogen and oxygen atoms in total. The van der Waals surface area contributed by atoms with E-state index in [1.54, 1.807) is 12.3 Å². The number of benzene rings is 1. The largest absolute Gasteiger partial charge is 0.490 e. The fourth-order valence-electron chi connectivity index (χ4n) is 2.69. The summed E-state index contributed by atoms with van der Waals surface area (Å²) in [6.45, 7) is 11.9. The smallest absolute Gasteiger partial charge is 0.127 e. The van der Waals surface area contributed by atoms with Crippen molar-refractivity contribution >= 4 is 17.8 Å². The molecule has 1 saturated heterocycles. The van der Waals surface area contributed by atoms with Crippen molar-refractivity contribution in [3.63, 3.8) is 0 Å². The molecule has 0 unspecified atom stereocenters. The molecular formula is C18H24N2O. The molecule has 1 aromatic rings. The minimum absolute atomic E-state index is 0.258. The van der Waals surface area contributed by atoms with Gasteiger partial charge in [-0.25, -0.2) is 0 Å². The highest BCUT2D eigenvalue weighted by atomic mass is 16.5. The molecule has 0 aliphatic carbocycles. The molecule has 0 bridgehead atoms. The predicted octanol–water partition coefficient (Wildman–Crippen LogP) is 1.51. The van der Waals surface area contributed by atoms with Gasteiger partial charge in [-0.15, -0.1) is 0 Å². The van der Waals surface area contributed by atoms with E-state index in [0.29, 0.717) is 0 Å². The van der Waals surface area contributed by atoms with Crippen molar-refractivity contribution < 1.29 is 4.74 Å². The molecule has 0 amide bonds. The van der Waals surface area contributed by atoms with Gasteiger partial charge in [-0.05, 0) is 61.0 Å². The molecule has 2 rings (SSSR count). The van der Waals surface area contributed by atoms with Crippen molar-refractivity contribution in [2.75, 3.05) is 13.1 Å². The summed E-state index contributed by atoms with van der Waals surface area (Å²) < 4.78 is 6.22. The molecule has 0 radical (unpaired) electrons. The van der Waals surface area contributed by atoms with E-state index in [2.05, 4.69) is 18.5 Å². The summed E-state index contributed by atoms with van der Waals surface area (Å²) in [5.74, 6) is 0.883. The number of piperidine rings is 1. The van der Waals surface area contributed by atoms with E-state index in [1.807, 2.05) is 25.1 Å². The Bertz CT molecular complexity index is 640. The van der Waals surface area contributed by atoms with Crippen LogP contribution >= 0.6 is 0 Å². The lowest BCUT2D eigenvalue weighted by molar-refractivity contribution is 0.162. The highest BCUT2D eigenvalue weighted by molar-refractivity contribution is 5.69. The molecule has 1 aromatic carbocycles. The first-order chi connectivity index (χ1) is 10.2. The molecule has 1 aliphatic rings. The van der Waals surface area contributed by atoms with Crippen LogP contribution in [0, 0.1) is 0 Å². The Balaban J connectivity index is 2.50. The van der Waals surface area contributed by atoms with Gasteiger partial charge in [0.1, 0.15) is 11.9 Å². The van der Waals surface area contributed by atoms with Crippen LogP contribution in [0.4, 0.5) is 0 Å². The fourth-order valence-corrected chi connectivity index (χ4v) is 2.69. The van der Waals surface area contributed by atoms with Gasteiger partial charge in [-0.3, -0.25) is 0 Å². The number of nitrogens with two attached hydrogens (primary N) is 1. The lowest BCUT2D eigenvalue weighted by atomic mass is 10.0. The van der Waals surface area contributed by atoms with Crippen molar-refractivity contribution in [1.82, 2.24) is 5.32 Å². The zero-order valence-electron chi connectivity index (χ0n) is 12.7. The van der Waals surface area contributed by atoms with Crippen LogP contribution in [-0.2, 0) is 0 Å². The summed E-state index contributed by atoms with van der Waals surface area (Å²) in [5, 5.41) is 5.33. The summed E-state index contributed by atoms with van der Waals surface area (Å²) in [6, 6.07) is 3.98. The molecule has 3 N–H and O–H groups in total. The van der Waals surface area contributed by atoms with E-state index in [-0.39, 0.29) is 6.10 Å². The van der Waals surface area contributed by atoms with Crippen LogP contribution in [0.25, 0.3) is 17.8 Å². The lowest BCUT2D eigenvalue weighted by Gasteiger charge is -2.25. The Labute approximate surface area is 126 Å². The van der Waals surface area contributed by atoms with Gasteiger partial charge < -0.3 is 15.8 Å². The molecular weight excluding hydrogens is 260 g/mol. The molecule has 0 saturated carbocycles. The maximum absolute atomic E-state index is 6.22. The van der Waals surface area contributed by atoms with Gasteiger partial charge in [-0.1, -0.05) is 25.3 Å². The summed E-state index contributed by atoms with van der Waals surface area (Å²) in [5.41, 5.74) is 7.72. The maximum atomic E-state index is 6.22. The zero-order valence-corrected chi connectivity index (χ0v) is 12.7. The van der Waals surface area contributed by atoms with Gasteiger partial charge in [0.2, 0.25) is 0 Å². The third kappa shape index (κ3) is 3.56. The summed E-state index contributed by atoms with van der Waals surface area (Å²) in [7, 11) is 0. The van der Waals surface area contributed by atoms with E-state index in [0.717, 1.165) is 53.3 Å². The highest BCUT2D eigenvalue weighted by Crippen LogP contribution is 2.23. The van der Waals surface area contributed by atoms with E-state index in [1.165, 1.54) is 0 Å². The van der Waals surface area contributed by atoms with Gasteiger partial charge in [0.15, 0.2) is 0 Å². The summed E-state index contributed by atoms with van der Waals surface area (Å²) in [4.78, 5) is 0. The van der Waals surface area contributed by atoms with Crippen LogP contribution in [0.3, 0.4) is 0 Å². The maximum Gasteiger partial charge on any atom is 0.127 e.